The number of amides is 1. The minimum Gasteiger partial charge on any atom is -0.383 e. The van der Waals surface area contributed by atoms with Gasteiger partial charge in [0.05, 0.1) is 36.4 Å². The van der Waals surface area contributed by atoms with Crippen LogP contribution >= 0.6 is 23.4 Å². The molecule has 0 atom stereocenters. The van der Waals surface area contributed by atoms with Gasteiger partial charge in [-0.15, -0.1) is 0 Å². The molecule has 1 aromatic heterocycles. The summed E-state index contributed by atoms with van der Waals surface area (Å²) in [7, 11) is 0. The van der Waals surface area contributed by atoms with E-state index < -0.39 is 0 Å². The van der Waals surface area contributed by atoms with Gasteiger partial charge in [0.15, 0.2) is 5.16 Å². The van der Waals surface area contributed by atoms with Crippen molar-refractivity contribution in [3.63, 3.8) is 0 Å². The lowest BCUT2D eigenvalue weighted by Gasteiger charge is -2.20. The number of aryl methyl sites for hydroxylation is 1. The van der Waals surface area contributed by atoms with Gasteiger partial charge >= 0.3 is 0 Å². The zero-order valence-corrected chi connectivity index (χ0v) is 17.6. The summed E-state index contributed by atoms with van der Waals surface area (Å²) < 4.78 is 0. The van der Waals surface area contributed by atoms with Gasteiger partial charge < -0.3 is 10.6 Å². The highest BCUT2D eigenvalue weighted by Crippen LogP contribution is 2.31. The Hall–Kier alpha value is -2.81. The molecular weight excluding hydrogens is 408 g/mol. The standard InChI is InChI=1S/C20H21ClN6OS/c1-2-16-18(14-5-7-15(21)8-6-14)19(24)26-20(25-16)29-13-17(28)27(11-3-9-22)12-4-10-23/h5-8H,2-4,11-13H2,1H3,(H2,24,25,26). The second-order valence-corrected chi connectivity index (χ2v) is 7.44. The van der Waals surface area contributed by atoms with Crippen molar-refractivity contribution in [2.24, 2.45) is 0 Å². The van der Waals surface area contributed by atoms with Gasteiger partial charge in [-0.25, -0.2) is 9.97 Å². The van der Waals surface area contributed by atoms with Crippen molar-refractivity contribution in [1.82, 2.24) is 14.9 Å². The van der Waals surface area contributed by atoms with Gasteiger partial charge in [0.1, 0.15) is 5.82 Å². The maximum Gasteiger partial charge on any atom is 0.233 e. The predicted octanol–water partition coefficient (Wildman–Crippen LogP) is 3.69. The first-order chi connectivity index (χ1) is 14.0. The SMILES string of the molecule is CCc1nc(SCC(=O)N(CCC#N)CCC#N)nc(N)c1-c1ccc(Cl)cc1. The Morgan fingerprint density at radius 1 is 1.17 bits per heavy atom. The van der Waals surface area contributed by atoms with E-state index in [0.717, 1.165) is 16.8 Å². The molecule has 1 aromatic carbocycles. The van der Waals surface area contributed by atoms with Crippen LogP contribution in [0.15, 0.2) is 29.4 Å². The first-order valence-electron chi connectivity index (χ1n) is 9.06. The molecule has 0 bridgehead atoms. The van der Waals surface area contributed by atoms with Crippen LogP contribution in [0.25, 0.3) is 11.1 Å². The van der Waals surface area contributed by atoms with E-state index >= 15 is 0 Å². The molecule has 0 aliphatic heterocycles. The van der Waals surface area contributed by atoms with Crippen LogP contribution in [0.2, 0.25) is 5.02 Å². The number of carbonyl (C=O) groups excluding carboxylic acids is 1. The van der Waals surface area contributed by atoms with Crippen LogP contribution in [0.5, 0.6) is 0 Å². The van der Waals surface area contributed by atoms with Gasteiger partial charge in [-0.3, -0.25) is 4.79 Å². The maximum atomic E-state index is 12.5. The lowest BCUT2D eigenvalue weighted by atomic mass is 10.0. The maximum absolute atomic E-state index is 12.5. The van der Waals surface area contributed by atoms with Gasteiger partial charge in [-0.05, 0) is 24.1 Å². The molecule has 0 aliphatic rings. The summed E-state index contributed by atoms with van der Waals surface area (Å²) >= 11 is 7.15. The third kappa shape index (κ3) is 6.35. The molecule has 1 amide bonds. The molecule has 0 radical (unpaired) electrons. The summed E-state index contributed by atoms with van der Waals surface area (Å²) in [6.07, 6.45) is 1.10. The molecule has 0 spiro atoms. The third-order valence-electron chi connectivity index (χ3n) is 4.12. The van der Waals surface area contributed by atoms with Gasteiger partial charge in [0, 0.05) is 23.7 Å². The van der Waals surface area contributed by atoms with Crippen molar-refractivity contribution in [2.45, 2.75) is 31.3 Å². The molecule has 150 valence electrons. The number of anilines is 1. The molecule has 0 unspecified atom stereocenters. The molecule has 2 rings (SSSR count). The van der Waals surface area contributed by atoms with E-state index in [1.165, 1.54) is 16.7 Å². The van der Waals surface area contributed by atoms with Crippen molar-refractivity contribution in [2.75, 3.05) is 24.6 Å². The number of nitrogens with zero attached hydrogens (tertiary/aromatic N) is 5. The van der Waals surface area contributed by atoms with Crippen molar-refractivity contribution in [3.05, 3.63) is 35.0 Å². The summed E-state index contributed by atoms with van der Waals surface area (Å²) in [5.41, 5.74) is 8.65. The molecule has 2 aromatic rings. The zero-order valence-electron chi connectivity index (χ0n) is 16.1. The van der Waals surface area contributed by atoms with Crippen molar-refractivity contribution in [3.8, 4) is 23.3 Å². The number of nitriles is 2. The predicted molar refractivity (Wildman–Crippen MR) is 114 cm³/mol. The van der Waals surface area contributed by atoms with E-state index in [0.29, 0.717) is 35.5 Å². The lowest BCUT2D eigenvalue weighted by Crippen LogP contribution is -2.34. The first kappa shape index (κ1) is 22.5. The Labute approximate surface area is 179 Å². The number of hydrogen-bond donors (Lipinski definition) is 1. The zero-order chi connectivity index (χ0) is 21.2. The van der Waals surface area contributed by atoms with E-state index in [1.54, 1.807) is 12.1 Å². The molecule has 29 heavy (non-hydrogen) atoms. The average Bonchev–Trinajstić information content (AvgIpc) is 2.72. The normalized spacial score (nSPS) is 10.2. The number of thioether (sulfide) groups is 1. The molecule has 0 saturated carbocycles. The fourth-order valence-corrected chi connectivity index (χ4v) is 3.60. The number of nitrogens with two attached hydrogens (primary N) is 1. The Kier molecular flexibility index (Phi) is 8.72. The number of aromatic nitrogens is 2. The van der Waals surface area contributed by atoms with Crippen LogP contribution in [-0.4, -0.2) is 39.6 Å². The van der Waals surface area contributed by atoms with Gasteiger partial charge in [-0.1, -0.05) is 42.4 Å². The number of halogens is 1. The van der Waals surface area contributed by atoms with Crippen LogP contribution < -0.4 is 5.73 Å². The average molecular weight is 429 g/mol. The minimum absolute atomic E-state index is 0.111. The lowest BCUT2D eigenvalue weighted by molar-refractivity contribution is -0.128. The molecule has 0 saturated heterocycles. The molecular formula is C20H21ClN6OS. The van der Waals surface area contributed by atoms with E-state index in [9.17, 15) is 4.79 Å². The van der Waals surface area contributed by atoms with Crippen LogP contribution in [-0.2, 0) is 11.2 Å². The molecule has 9 heteroatoms. The number of benzene rings is 1. The van der Waals surface area contributed by atoms with Crippen LogP contribution in [0, 0.1) is 22.7 Å². The summed E-state index contributed by atoms with van der Waals surface area (Å²) in [4.78, 5) is 22.9. The Bertz CT molecular complexity index is 918. The molecule has 1 heterocycles. The highest BCUT2D eigenvalue weighted by molar-refractivity contribution is 7.99. The van der Waals surface area contributed by atoms with Crippen LogP contribution in [0.1, 0.15) is 25.5 Å². The quantitative estimate of drug-likeness (QED) is 0.477. The number of hydrogen-bond acceptors (Lipinski definition) is 7. The van der Waals surface area contributed by atoms with Crippen molar-refractivity contribution >= 4 is 35.1 Å². The number of nitrogen functional groups attached to an aromatic ring is 1. The monoisotopic (exact) mass is 428 g/mol. The molecule has 7 nitrogen and oxygen atoms in total. The Morgan fingerprint density at radius 2 is 1.79 bits per heavy atom. The van der Waals surface area contributed by atoms with E-state index in [2.05, 4.69) is 9.97 Å². The highest BCUT2D eigenvalue weighted by atomic mass is 35.5. The van der Waals surface area contributed by atoms with Gasteiger partial charge in [0.2, 0.25) is 5.91 Å². The highest BCUT2D eigenvalue weighted by Gasteiger charge is 2.17. The second-order valence-electron chi connectivity index (χ2n) is 6.06. The van der Waals surface area contributed by atoms with E-state index in [1.807, 2.05) is 31.2 Å². The topological polar surface area (TPSA) is 120 Å². The Balaban J connectivity index is 2.16. The summed E-state index contributed by atoms with van der Waals surface area (Å²) in [5.74, 6) is 0.294. The summed E-state index contributed by atoms with van der Waals surface area (Å²) in [5, 5.41) is 18.6. The Morgan fingerprint density at radius 3 is 2.34 bits per heavy atom. The fraction of sp³-hybridized carbons (Fsp3) is 0.350. The fourth-order valence-electron chi connectivity index (χ4n) is 2.70. The van der Waals surface area contributed by atoms with Crippen molar-refractivity contribution in [1.29, 1.82) is 10.5 Å². The van der Waals surface area contributed by atoms with E-state index in [-0.39, 0.29) is 24.5 Å². The number of carbonyl (C=O) groups is 1. The largest absolute Gasteiger partial charge is 0.383 e. The minimum atomic E-state index is -0.164. The van der Waals surface area contributed by atoms with E-state index in [4.69, 9.17) is 27.9 Å². The smallest absolute Gasteiger partial charge is 0.233 e. The van der Waals surface area contributed by atoms with Crippen molar-refractivity contribution < 1.29 is 4.79 Å². The van der Waals surface area contributed by atoms with Gasteiger partial charge in [-0.2, -0.15) is 10.5 Å². The molecule has 2 N–H and O–H groups in total. The summed E-state index contributed by atoms with van der Waals surface area (Å²) in [6.45, 7) is 2.58. The van der Waals surface area contributed by atoms with Crippen LogP contribution in [0.3, 0.4) is 0 Å². The summed E-state index contributed by atoms with van der Waals surface area (Å²) in [6, 6.07) is 11.3. The third-order valence-corrected chi connectivity index (χ3v) is 5.21. The van der Waals surface area contributed by atoms with Gasteiger partial charge in [0.25, 0.3) is 0 Å². The molecule has 0 aliphatic carbocycles. The number of rotatable bonds is 9. The molecule has 0 fully saturated rings. The first-order valence-corrected chi connectivity index (χ1v) is 10.4. The van der Waals surface area contributed by atoms with Crippen LogP contribution in [0.4, 0.5) is 5.82 Å². The second kappa shape index (κ2) is 11.3.